The highest BCUT2D eigenvalue weighted by atomic mass is 19.1. The van der Waals surface area contributed by atoms with Gasteiger partial charge in [-0.15, -0.1) is 10.2 Å². The van der Waals surface area contributed by atoms with E-state index in [1.807, 2.05) is 51.1 Å². The Bertz CT molecular complexity index is 2550. The number of hydrogen-bond donors (Lipinski definition) is 3. The number of aryl methyl sites for hydroxylation is 3. The molecule has 15 nitrogen and oxygen atoms in total. The van der Waals surface area contributed by atoms with Crippen molar-refractivity contribution >= 4 is 46.1 Å². The Morgan fingerprint density at radius 3 is 2.50 bits per heavy atom. The molecule has 9 rings (SSSR count). The zero-order chi connectivity index (χ0) is 43.3. The van der Waals surface area contributed by atoms with Gasteiger partial charge < -0.3 is 34.8 Å². The fourth-order valence-electron chi connectivity index (χ4n) is 9.65. The predicted molar refractivity (Wildman–Crippen MR) is 234 cm³/mol. The number of likely N-dealkylation sites (tertiary alicyclic amines) is 2. The molecule has 4 aliphatic heterocycles. The molecule has 1 atom stereocenters. The molecule has 2 aromatic carbocycles. The van der Waals surface area contributed by atoms with E-state index in [9.17, 15) is 19.5 Å². The highest BCUT2D eigenvalue weighted by Crippen LogP contribution is 2.37. The van der Waals surface area contributed by atoms with E-state index in [0.29, 0.717) is 79.9 Å². The number of carbonyl (C=O) groups excluding carboxylic acids is 3. The van der Waals surface area contributed by atoms with Crippen molar-refractivity contribution in [3.63, 3.8) is 0 Å². The monoisotopic (exact) mass is 844 g/mol. The van der Waals surface area contributed by atoms with Crippen molar-refractivity contribution in [2.24, 2.45) is 0 Å². The lowest BCUT2D eigenvalue weighted by Gasteiger charge is -2.41. The van der Waals surface area contributed by atoms with Gasteiger partial charge in [0.1, 0.15) is 23.2 Å². The molecule has 4 amide bonds. The smallest absolute Gasteiger partial charge is 0.328 e. The molecule has 4 fully saturated rings. The predicted octanol–water partition coefficient (Wildman–Crippen LogP) is 6.01. The summed E-state index contributed by atoms with van der Waals surface area (Å²) in [7, 11) is 0. The molecule has 4 aliphatic rings. The SMILES string of the molecule is Cc1cc([C@@H]2CN(c3cc(-c4ccccc4O)nnc3N)CCO2)c(C)cc1C(=O)N1CCC(F)(CN2CCC(n3cc(C)c4cc(N5CCC(=O)NC5=O)cnc43)CC2)CC1. The van der Waals surface area contributed by atoms with E-state index in [-0.39, 0.29) is 49.0 Å². The minimum absolute atomic E-state index is 0.0807. The molecule has 0 unspecified atom stereocenters. The number of nitrogens with two attached hydrogens (primary N) is 1. The van der Waals surface area contributed by atoms with Crippen molar-refractivity contribution in [2.45, 2.75) is 70.7 Å². The number of nitrogens with zero attached hydrogens (tertiary/aromatic N) is 8. The van der Waals surface area contributed by atoms with Crippen molar-refractivity contribution in [1.82, 2.24) is 34.9 Å². The second kappa shape index (κ2) is 16.6. The van der Waals surface area contributed by atoms with Crippen LogP contribution in [-0.2, 0) is 9.53 Å². The number of benzene rings is 2. The minimum atomic E-state index is -1.38. The first-order chi connectivity index (χ1) is 29.8. The number of aromatic nitrogens is 4. The number of imide groups is 1. The lowest BCUT2D eigenvalue weighted by molar-refractivity contribution is -0.120. The summed E-state index contributed by atoms with van der Waals surface area (Å²) in [6.07, 6.45) is 6.08. The van der Waals surface area contributed by atoms with Crippen LogP contribution in [0.3, 0.4) is 0 Å². The third-order valence-corrected chi connectivity index (χ3v) is 13.2. The van der Waals surface area contributed by atoms with E-state index in [1.165, 1.54) is 0 Å². The highest BCUT2D eigenvalue weighted by Gasteiger charge is 2.39. The molecule has 16 heteroatoms. The second-order valence-electron chi connectivity index (χ2n) is 17.3. The van der Waals surface area contributed by atoms with Crippen LogP contribution in [0.2, 0.25) is 0 Å². The maximum absolute atomic E-state index is 16.5. The van der Waals surface area contributed by atoms with Gasteiger partial charge in [-0.3, -0.25) is 19.8 Å². The van der Waals surface area contributed by atoms with E-state index in [1.54, 1.807) is 34.2 Å². The summed E-state index contributed by atoms with van der Waals surface area (Å²) in [5.41, 5.74) is 12.7. The number of urea groups is 1. The number of phenolic OH excluding ortho intramolecular Hbond substituents is 1. The Hall–Kier alpha value is -6.13. The molecule has 4 N–H and O–H groups in total. The first-order valence-electron chi connectivity index (χ1n) is 21.5. The molecule has 7 heterocycles. The Morgan fingerprint density at radius 2 is 1.74 bits per heavy atom. The zero-order valence-corrected chi connectivity index (χ0v) is 35.4. The fraction of sp³-hybridized carbons (Fsp3) is 0.435. The maximum Gasteiger partial charge on any atom is 0.328 e. The number of amides is 4. The lowest BCUT2D eigenvalue weighted by atomic mass is 9.90. The number of morpholine rings is 1. The van der Waals surface area contributed by atoms with Gasteiger partial charge in [-0.1, -0.05) is 18.2 Å². The number of fused-ring (bicyclic) bond motifs is 1. The first kappa shape index (κ1) is 41.2. The van der Waals surface area contributed by atoms with E-state index in [4.69, 9.17) is 15.5 Å². The number of ether oxygens (including phenoxy) is 1. The van der Waals surface area contributed by atoms with Crippen molar-refractivity contribution in [1.29, 1.82) is 0 Å². The van der Waals surface area contributed by atoms with E-state index in [0.717, 1.165) is 59.2 Å². The van der Waals surface area contributed by atoms with Crippen LogP contribution in [0.5, 0.6) is 5.75 Å². The molecule has 0 bridgehead atoms. The third kappa shape index (κ3) is 8.04. The Kier molecular flexibility index (Phi) is 11.1. The van der Waals surface area contributed by atoms with E-state index >= 15 is 4.39 Å². The number of nitrogen functional groups attached to an aromatic ring is 1. The number of anilines is 3. The van der Waals surface area contributed by atoms with Gasteiger partial charge in [-0.25, -0.2) is 14.2 Å². The van der Waals surface area contributed by atoms with Crippen molar-refractivity contribution in [3.8, 4) is 17.0 Å². The molecule has 0 saturated carbocycles. The van der Waals surface area contributed by atoms with E-state index < -0.39 is 11.7 Å². The topological polar surface area (TPSA) is 175 Å². The molecular weight excluding hydrogens is 792 g/mol. The summed E-state index contributed by atoms with van der Waals surface area (Å²) < 4.78 is 25.0. The number of rotatable bonds is 8. The van der Waals surface area contributed by atoms with Crippen LogP contribution in [-0.4, -0.2) is 117 Å². The number of para-hydroxylation sites is 1. The van der Waals surface area contributed by atoms with Gasteiger partial charge in [0.15, 0.2) is 5.82 Å². The van der Waals surface area contributed by atoms with Gasteiger partial charge in [0, 0.05) is 100 Å². The van der Waals surface area contributed by atoms with Gasteiger partial charge in [0.2, 0.25) is 5.91 Å². The maximum atomic E-state index is 16.5. The molecule has 62 heavy (non-hydrogen) atoms. The number of pyridine rings is 1. The summed E-state index contributed by atoms with van der Waals surface area (Å²) in [4.78, 5) is 50.5. The van der Waals surface area contributed by atoms with Gasteiger partial charge in [0.05, 0.1) is 29.9 Å². The lowest BCUT2D eigenvalue weighted by Crippen LogP contribution is -2.51. The molecule has 324 valence electrons. The molecule has 0 spiro atoms. The summed E-state index contributed by atoms with van der Waals surface area (Å²) in [6, 6.07) is 14.6. The quantitative estimate of drug-likeness (QED) is 0.167. The van der Waals surface area contributed by atoms with Crippen LogP contribution < -0.4 is 20.9 Å². The molecule has 0 aliphatic carbocycles. The van der Waals surface area contributed by atoms with Crippen LogP contribution in [0.4, 0.5) is 26.4 Å². The second-order valence-corrected chi connectivity index (χ2v) is 17.3. The number of hydrogen-bond acceptors (Lipinski definition) is 11. The van der Waals surface area contributed by atoms with Crippen LogP contribution in [0.25, 0.3) is 22.3 Å². The molecule has 0 radical (unpaired) electrons. The van der Waals surface area contributed by atoms with Crippen LogP contribution in [0.1, 0.15) is 76.9 Å². The largest absolute Gasteiger partial charge is 0.507 e. The third-order valence-electron chi connectivity index (χ3n) is 13.2. The Labute approximate surface area is 359 Å². The van der Waals surface area contributed by atoms with Crippen LogP contribution in [0.15, 0.2) is 60.9 Å². The number of halogens is 1. The van der Waals surface area contributed by atoms with E-state index in [2.05, 4.69) is 36.1 Å². The average Bonchev–Trinajstić information content (AvgIpc) is 3.60. The van der Waals surface area contributed by atoms with Gasteiger partial charge >= 0.3 is 6.03 Å². The van der Waals surface area contributed by atoms with Gasteiger partial charge in [0.25, 0.3) is 5.91 Å². The molecular formula is C46H53FN10O5. The summed E-state index contributed by atoms with van der Waals surface area (Å²) in [5.74, 6) is 0.0530. The Morgan fingerprint density at radius 1 is 0.968 bits per heavy atom. The zero-order valence-electron chi connectivity index (χ0n) is 35.4. The van der Waals surface area contributed by atoms with Crippen molar-refractivity contribution in [2.75, 3.05) is 74.5 Å². The van der Waals surface area contributed by atoms with Gasteiger partial charge in [-0.05, 0) is 86.2 Å². The standard InChI is InChI=1S/C46H53FN10O5/c1-28-21-36(29(2)20-34(28)40-26-55(18-19-62-40)38-23-37(51-52-42(38)48)33-6-4-5-7-39(33)58)44(60)54-16-11-46(47,12-17-54)27-53-13-8-31(9-14-53)57-25-30(3)35-22-32(24-49-43(35)57)56-15-10-41(59)50-45(56)61/h4-7,20-25,31,40,58H,8-19,26-27H2,1-3H3,(H2,48,52)(H,50,59,61)/t40-/m0/s1. The number of phenols is 1. The number of aromatic hydroxyl groups is 1. The highest BCUT2D eigenvalue weighted by molar-refractivity contribution is 6.06. The van der Waals surface area contributed by atoms with Crippen LogP contribution >= 0.6 is 0 Å². The van der Waals surface area contributed by atoms with Crippen molar-refractivity contribution in [3.05, 3.63) is 88.7 Å². The summed E-state index contributed by atoms with van der Waals surface area (Å²) in [6.45, 7) is 10.5. The average molecular weight is 845 g/mol. The summed E-state index contributed by atoms with van der Waals surface area (Å²) in [5, 5.41) is 22.2. The normalized spacial score (nSPS) is 20.2. The van der Waals surface area contributed by atoms with Gasteiger partial charge in [-0.2, -0.15) is 0 Å². The summed E-state index contributed by atoms with van der Waals surface area (Å²) >= 11 is 0. The van der Waals surface area contributed by atoms with Crippen molar-refractivity contribution < 1.29 is 28.6 Å². The first-order valence-corrected chi connectivity index (χ1v) is 21.5. The minimum Gasteiger partial charge on any atom is -0.507 e. The van der Waals surface area contributed by atoms with Crippen LogP contribution in [0, 0.1) is 20.8 Å². The number of piperidine rings is 2. The number of alkyl halides is 1. The number of carbonyl (C=O) groups is 3. The molecule has 4 saturated heterocycles. The Balaban J connectivity index is 0.795. The molecule has 3 aromatic heterocycles. The fourth-order valence-corrected chi connectivity index (χ4v) is 9.65. The number of nitrogens with one attached hydrogen (secondary N) is 1. The molecule has 5 aromatic rings.